The van der Waals surface area contributed by atoms with Crippen molar-refractivity contribution in [1.29, 1.82) is 0 Å². The Hall–Kier alpha value is -0.410. The van der Waals surface area contributed by atoms with Crippen molar-refractivity contribution in [3.63, 3.8) is 0 Å². The molecule has 1 aromatic rings. The summed E-state index contributed by atoms with van der Waals surface area (Å²) in [5.74, 6) is 0.587. The highest BCUT2D eigenvalue weighted by molar-refractivity contribution is 5.85. The number of rotatable bonds is 1. The fourth-order valence-electron chi connectivity index (χ4n) is 0.635. The molecule has 0 fully saturated rings. The van der Waals surface area contributed by atoms with E-state index in [1.807, 2.05) is 10.8 Å². The predicted molar refractivity (Wildman–Crippen MR) is 51.5 cm³/mol. The Bertz CT molecular complexity index is 197. The number of nitrogens with zero attached hydrogens (tertiary/aromatic N) is 2. The van der Waals surface area contributed by atoms with E-state index in [-0.39, 0.29) is 24.8 Å². The van der Waals surface area contributed by atoms with Gasteiger partial charge in [-0.05, 0) is 13.8 Å². The molecule has 0 unspecified atom stereocenters. The molecule has 0 amide bonds. The van der Waals surface area contributed by atoms with E-state index in [1.165, 1.54) is 0 Å². The number of halogens is 2. The Morgan fingerprint density at radius 1 is 1.45 bits per heavy atom. The smallest absolute Gasteiger partial charge is 0.141 e. The van der Waals surface area contributed by atoms with Crippen molar-refractivity contribution in [2.45, 2.75) is 19.9 Å². The van der Waals surface area contributed by atoms with Crippen molar-refractivity contribution in [3.8, 4) is 0 Å². The second-order valence-electron chi connectivity index (χ2n) is 2.34. The first kappa shape index (κ1) is 13.2. The van der Waals surface area contributed by atoms with Crippen LogP contribution >= 0.6 is 24.8 Å². The van der Waals surface area contributed by atoms with Gasteiger partial charge >= 0.3 is 0 Å². The summed E-state index contributed by atoms with van der Waals surface area (Å²) in [5, 5.41) is 0. The number of hydrogen-bond donors (Lipinski definition) is 1. The topological polar surface area (TPSA) is 43.8 Å². The SMILES string of the molecule is CC(C)n1cnc(N)c1.Cl.Cl. The summed E-state index contributed by atoms with van der Waals surface area (Å²) >= 11 is 0. The number of imidazole rings is 1. The summed E-state index contributed by atoms with van der Waals surface area (Å²) in [7, 11) is 0. The molecule has 0 saturated heterocycles. The van der Waals surface area contributed by atoms with Crippen LogP contribution in [0.1, 0.15) is 19.9 Å². The largest absolute Gasteiger partial charge is 0.382 e. The highest BCUT2D eigenvalue weighted by Gasteiger charge is 1.95. The molecule has 3 nitrogen and oxygen atoms in total. The molecule has 1 aromatic heterocycles. The minimum Gasteiger partial charge on any atom is -0.382 e. The Morgan fingerprint density at radius 3 is 2.18 bits per heavy atom. The van der Waals surface area contributed by atoms with E-state index in [2.05, 4.69) is 18.8 Å². The zero-order chi connectivity index (χ0) is 6.85. The molecule has 0 atom stereocenters. The summed E-state index contributed by atoms with van der Waals surface area (Å²) in [6.45, 7) is 4.17. The Balaban J connectivity index is 0. The summed E-state index contributed by atoms with van der Waals surface area (Å²) in [4.78, 5) is 3.88. The van der Waals surface area contributed by atoms with Gasteiger partial charge in [-0.2, -0.15) is 0 Å². The molecule has 0 aromatic carbocycles. The van der Waals surface area contributed by atoms with Crippen LogP contribution in [-0.4, -0.2) is 9.55 Å². The molecule has 0 radical (unpaired) electrons. The van der Waals surface area contributed by atoms with Crippen molar-refractivity contribution in [2.75, 3.05) is 5.73 Å². The maximum atomic E-state index is 5.38. The first-order valence-electron chi connectivity index (χ1n) is 2.99. The zero-order valence-corrected chi connectivity index (χ0v) is 8.15. The molecule has 0 spiro atoms. The maximum Gasteiger partial charge on any atom is 0.141 e. The van der Waals surface area contributed by atoms with Crippen molar-refractivity contribution in [2.24, 2.45) is 0 Å². The van der Waals surface area contributed by atoms with Gasteiger partial charge in [0.15, 0.2) is 0 Å². The Morgan fingerprint density at radius 2 is 2.00 bits per heavy atom. The predicted octanol–water partition coefficient (Wildman–Crippen LogP) is 1.89. The summed E-state index contributed by atoms with van der Waals surface area (Å²) < 4.78 is 1.97. The molecule has 11 heavy (non-hydrogen) atoms. The van der Waals surface area contributed by atoms with E-state index >= 15 is 0 Å². The van der Waals surface area contributed by atoms with Crippen molar-refractivity contribution in [3.05, 3.63) is 12.5 Å². The molecular weight excluding hydrogens is 185 g/mol. The highest BCUT2D eigenvalue weighted by Crippen LogP contribution is 2.04. The maximum absolute atomic E-state index is 5.38. The first-order valence-corrected chi connectivity index (χ1v) is 2.99. The van der Waals surface area contributed by atoms with Gasteiger partial charge in [0, 0.05) is 12.2 Å². The van der Waals surface area contributed by atoms with Crippen molar-refractivity contribution >= 4 is 30.6 Å². The van der Waals surface area contributed by atoms with E-state index in [0.717, 1.165) is 0 Å². The minimum absolute atomic E-state index is 0. The quantitative estimate of drug-likeness (QED) is 0.748. The van der Waals surface area contributed by atoms with Crippen LogP contribution in [0.25, 0.3) is 0 Å². The lowest BCUT2D eigenvalue weighted by molar-refractivity contribution is 0.600. The van der Waals surface area contributed by atoms with Crippen LogP contribution in [0, 0.1) is 0 Å². The van der Waals surface area contributed by atoms with Crippen LogP contribution in [0.4, 0.5) is 5.82 Å². The van der Waals surface area contributed by atoms with E-state index in [1.54, 1.807) is 6.33 Å². The normalized spacial score (nSPS) is 8.64. The lowest BCUT2D eigenvalue weighted by Gasteiger charge is -2.02. The van der Waals surface area contributed by atoms with Crippen LogP contribution in [0.2, 0.25) is 0 Å². The molecule has 5 heteroatoms. The molecule has 66 valence electrons. The molecule has 1 heterocycles. The molecule has 0 aliphatic heterocycles. The molecule has 2 N–H and O–H groups in total. The molecule has 0 aliphatic rings. The summed E-state index contributed by atoms with van der Waals surface area (Å²) in [6, 6.07) is 0.454. The molecular formula is C6H13Cl2N3. The molecule has 1 rings (SSSR count). The fourth-order valence-corrected chi connectivity index (χ4v) is 0.635. The van der Waals surface area contributed by atoms with E-state index in [9.17, 15) is 0 Å². The van der Waals surface area contributed by atoms with Gasteiger partial charge in [0.2, 0.25) is 0 Å². The number of aromatic nitrogens is 2. The van der Waals surface area contributed by atoms with Gasteiger partial charge in [-0.3, -0.25) is 0 Å². The lowest BCUT2D eigenvalue weighted by atomic mass is 10.4. The Kier molecular flexibility index (Phi) is 6.32. The molecule has 0 saturated carbocycles. The highest BCUT2D eigenvalue weighted by atomic mass is 35.5. The number of anilines is 1. The number of nitrogens with two attached hydrogens (primary N) is 1. The van der Waals surface area contributed by atoms with Gasteiger partial charge in [0.1, 0.15) is 5.82 Å². The third-order valence-corrected chi connectivity index (χ3v) is 1.22. The molecule has 0 bridgehead atoms. The average Bonchev–Trinajstić information content (AvgIpc) is 2.14. The van der Waals surface area contributed by atoms with Crippen LogP contribution in [0.5, 0.6) is 0 Å². The van der Waals surface area contributed by atoms with Gasteiger partial charge in [0.05, 0.1) is 6.33 Å². The van der Waals surface area contributed by atoms with Gasteiger partial charge in [-0.15, -0.1) is 24.8 Å². The second-order valence-corrected chi connectivity index (χ2v) is 2.34. The van der Waals surface area contributed by atoms with Crippen LogP contribution in [-0.2, 0) is 0 Å². The average molecular weight is 198 g/mol. The zero-order valence-electron chi connectivity index (χ0n) is 6.52. The third-order valence-electron chi connectivity index (χ3n) is 1.22. The van der Waals surface area contributed by atoms with Crippen molar-refractivity contribution in [1.82, 2.24) is 9.55 Å². The van der Waals surface area contributed by atoms with Crippen LogP contribution < -0.4 is 5.73 Å². The second kappa shape index (κ2) is 5.27. The number of nitrogen functional groups attached to an aromatic ring is 1. The first-order chi connectivity index (χ1) is 4.20. The van der Waals surface area contributed by atoms with Crippen LogP contribution in [0.3, 0.4) is 0 Å². The monoisotopic (exact) mass is 197 g/mol. The van der Waals surface area contributed by atoms with Gasteiger partial charge in [-0.1, -0.05) is 0 Å². The lowest BCUT2D eigenvalue weighted by Crippen LogP contribution is -1.95. The van der Waals surface area contributed by atoms with Gasteiger partial charge < -0.3 is 10.3 Å². The molecule has 0 aliphatic carbocycles. The third kappa shape index (κ3) is 3.49. The fraction of sp³-hybridized carbons (Fsp3) is 0.500. The van der Waals surface area contributed by atoms with Gasteiger partial charge in [-0.25, -0.2) is 4.98 Å². The standard InChI is InChI=1S/C6H11N3.2ClH/c1-5(2)9-3-6(7)8-4-9;;/h3-5H,7H2,1-2H3;2*1H. The van der Waals surface area contributed by atoms with Crippen molar-refractivity contribution < 1.29 is 0 Å². The minimum atomic E-state index is 0. The van der Waals surface area contributed by atoms with E-state index in [0.29, 0.717) is 11.9 Å². The summed E-state index contributed by atoms with van der Waals surface area (Å²) in [5.41, 5.74) is 5.38. The van der Waals surface area contributed by atoms with E-state index < -0.39 is 0 Å². The van der Waals surface area contributed by atoms with Gasteiger partial charge in [0.25, 0.3) is 0 Å². The Labute approximate surface area is 78.8 Å². The van der Waals surface area contributed by atoms with Crippen LogP contribution in [0.15, 0.2) is 12.5 Å². The van der Waals surface area contributed by atoms with E-state index in [4.69, 9.17) is 5.73 Å². The number of hydrogen-bond acceptors (Lipinski definition) is 2. The summed E-state index contributed by atoms with van der Waals surface area (Å²) in [6.07, 6.45) is 3.56.